The van der Waals surface area contributed by atoms with E-state index in [2.05, 4.69) is 13.0 Å². The second kappa shape index (κ2) is 6.01. The Morgan fingerprint density at radius 2 is 2.12 bits per heavy atom. The first-order valence-corrected chi connectivity index (χ1v) is 9.50. The molecule has 6 unspecified atom stereocenters. The van der Waals surface area contributed by atoms with Crippen molar-refractivity contribution in [3.8, 4) is 5.75 Å². The third-order valence-corrected chi connectivity index (χ3v) is 7.44. The highest BCUT2D eigenvalue weighted by molar-refractivity contribution is 5.69. The summed E-state index contributed by atoms with van der Waals surface area (Å²) in [5.41, 5.74) is 2.43. The highest BCUT2D eigenvalue weighted by Gasteiger charge is 2.57. The summed E-state index contributed by atoms with van der Waals surface area (Å²) in [5.74, 6) is 1.69. The highest BCUT2D eigenvalue weighted by atomic mass is 16.5. The fraction of sp³-hybridized carbons (Fsp3) is 0.667. The molecule has 0 bridgehead atoms. The molecule has 6 atom stereocenters. The van der Waals surface area contributed by atoms with Crippen molar-refractivity contribution in [2.24, 2.45) is 23.2 Å². The normalized spacial score (nSPS) is 39.2. The molecule has 3 aliphatic rings. The molecule has 4 nitrogen and oxygen atoms in total. The van der Waals surface area contributed by atoms with Crippen LogP contribution in [0.4, 0.5) is 0 Å². The molecule has 4 rings (SSSR count). The molecule has 0 saturated heterocycles. The van der Waals surface area contributed by atoms with Gasteiger partial charge < -0.3 is 14.9 Å². The Morgan fingerprint density at radius 1 is 1.32 bits per heavy atom. The lowest BCUT2D eigenvalue weighted by molar-refractivity contribution is -0.144. The number of esters is 1. The van der Waals surface area contributed by atoms with Gasteiger partial charge >= 0.3 is 5.97 Å². The quantitative estimate of drug-likeness (QED) is 0.807. The van der Waals surface area contributed by atoms with E-state index in [0.29, 0.717) is 29.9 Å². The number of benzene rings is 1. The van der Waals surface area contributed by atoms with Crippen molar-refractivity contribution in [3.05, 3.63) is 29.3 Å². The number of methoxy groups -OCH3 is 1. The van der Waals surface area contributed by atoms with Gasteiger partial charge in [-0.25, -0.2) is 0 Å². The minimum atomic E-state index is -0.264. The van der Waals surface area contributed by atoms with Gasteiger partial charge in [0.15, 0.2) is 0 Å². The zero-order valence-corrected chi connectivity index (χ0v) is 15.1. The van der Waals surface area contributed by atoms with Crippen molar-refractivity contribution in [3.63, 3.8) is 0 Å². The summed E-state index contributed by atoms with van der Waals surface area (Å²) in [6, 6.07) is 5.71. The smallest absolute Gasteiger partial charge is 0.305 e. The van der Waals surface area contributed by atoms with E-state index in [1.54, 1.807) is 6.07 Å². The Balaban J connectivity index is 1.76. The second-order valence-corrected chi connectivity index (χ2v) is 8.56. The van der Waals surface area contributed by atoms with Crippen LogP contribution in [0.1, 0.15) is 56.1 Å². The lowest BCUT2D eigenvalue weighted by Crippen LogP contribution is -2.48. The molecule has 3 aliphatic carbocycles. The number of aliphatic hydroxyl groups excluding tert-OH is 1. The van der Waals surface area contributed by atoms with Gasteiger partial charge in [0.25, 0.3) is 0 Å². The predicted molar refractivity (Wildman–Crippen MR) is 94.2 cm³/mol. The fourth-order valence-electron chi connectivity index (χ4n) is 6.34. The average molecular weight is 344 g/mol. The number of rotatable bonds is 2. The summed E-state index contributed by atoms with van der Waals surface area (Å²) in [5, 5.41) is 20.5. The molecule has 25 heavy (non-hydrogen) atoms. The van der Waals surface area contributed by atoms with Crippen molar-refractivity contribution >= 4 is 5.97 Å². The first-order valence-electron chi connectivity index (χ1n) is 9.50. The zero-order valence-electron chi connectivity index (χ0n) is 15.1. The molecular weight excluding hydrogens is 316 g/mol. The van der Waals surface area contributed by atoms with Crippen LogP contribution in [0.3, 0.4) is 0 Å². The van der Waals surface area contributed by atoms with Crippen molar-refractivity contribution in [2.45, 2.75) is 57.5 Å². The van der Waals surface area contributed by atoms with Gasteiger partial charge in [0, 0.05) is 6.42 Å². The molecule has 0 radical (unpaired) electrons. The van der Waals surface area contributed by atoms with Crippen molar-refractivity contribution in [1.82, 2.24) is 0 Å². The van der Waals surface area contributed by atoms with Gasteiger partial charge in [-0.05, 0) is 84.5 Å². The number of hydrogen-bond donors (Lipinski definition) is 2. The topological polar surface area (TPSA) is 66.8 Å². The summed E-state index contributed by atoms with van der Waals surface area (Å²) in [6.45, 7) is 2.22. The van der Waals surface area contributed by atoms with E-state index in [1.807, 2.05) is 6.07 Å². The van der Waals surface area contributed by atoms with E-state index in [9.17, 15) is 15.0 Å². The van der Waals surface area contributed by atoms with E-state index in [-0.39, 0.29) is 23.4 Å². The Morgan fingerprint density at radius 3 is 2.88 bits per heavy atom. The van der Waals surface area contributed by atoms with E-state index in [1.165, 1.54) is 18.2 Å². The number of aromatic hydroxyl groups is 1. The number of phenols is 1. The number of carbonyl (C=O) groups is 1. The Bertz CT molecular complexity index is 684. The number of ether oxygens (including phenoxy) is 1. The summed E-state index contributed by atoms with van der Waals surface area (Å²) < 4.78 is 4.97. The van der Waals surface area contributed by atoms with Crippen molar-refractivity contribution in [2.75, 3.05) is 7.11 Å². The molecule has 0 spiro atoms. The summed E-state index contributed by atoms with van der Waals surface area (Å²) in [4.78, 5) is 12.1. The first-order chi connectivity index (χ1) is 11.9. The molecule has 4 heteroatoms. The molecule has 0 amide bonds. The van der Waals surface area contributed by atoms with E-state index in [0.717, 1.165) is 32.1 Å². The maximum Gasteiger partial charge on any atom is 0.305 e. The average Bonchev–Trinajstić information content (AvgIpc) is 2.89. The Labute approximate surface area is 149 Å². The lowest BCUT2D eigenvalue weighted by atomic mass is 9.51. The molecule has 1 aromatic carbocycles. The van der Waals surface area contributed by atoms with Crippen LogP contribution in [-0.4, -0.2) is 29.4 Å². The standard InChI is InChI=1S/C21H28O4/c1-21-11-13(10-19(24)25-2)20-15-6-4-14(22)9-12(15)3-5-16(20)17(21)7-8-18(21)23/h4,6,9,13,16-18,20,22-23H,3,5,7-8,10-11H2,1-2H3. The monoisotopic (exact) mass is 344 g/mol. The van der Waals surface area contributed by atoms with Crippen LogP contribution in [0.2, 0.25) is 0 Å². The highest BCUT2D eigenvalue weighted by Crippen LogP contribution is 2.63. The fourth-order valence-corrected chi connectivity index (χ4v) is 6.34. The maximum atomic E-state index is 12.1. The van der Waals surface area contributed by atoms with Crippen LogP contribution in [0, 0.1) is 23.2 Å². The van der Waals surface area contributed by atoms with Crippen LogP contribution in [0.25, 0.3) is 0 Å². The molecule has 2 saturated carbocycles. The van der Waals surface area contributed by atoms with Gasteiger partial charge in [-0.15, -0.1) is 0 Å². The maximum absolute atomic E-state index is 12.1. The third kappa shape index (κ3) is 2.57. The van der Waals surface area contributed by atoms with Gasteiger partial charge in [-0.2, -0.15) is 0 Å². The summed E-state index contributed by atoms with van der Waals surface area (Å²) >= 11 is 0. The molecular formula is C21H28O4. The molecule has 0 aromatic heterocycles. The summed E-state index contributed by atoms with van der Waals surface area (Å²) in [6.07, 6.45) is 5.02. The summed E-state index contributed by atoms with van der Waals surface area (Å²) in [7, 11) is 1.45. The van der Waals surface area contributed by atoms with Crippen LogP contribution in [-0.2, 0) is 16.0 Å². The number of phenolic OH excluding ortho intramolecular Hbond substituents is 1. The van der Waals surface area contributed by atoms with Gasteiger partial charge in [0.05, 0.1) is 13.2 Å². The number of hydrogen-bond acceptors (Lipinski definition) is 4. The lowest BCUT2D eigenvalue weighted by Gasteiger charge is -2.53. The minimum Gasteiger partial charge on any atom is -0.508 e. The number of aliphatic hydroxyl groups is 1. The van der Waals surface area contributed by atoms with Crippen LogP contribution in [0.15, 0.2) is 18.2 Å². The van der Waals surface area contributed by atoms with Crippen molar-refractivity contribution < 1.29 is 19.7 Å². The third-order valence-electron chi connectivity index (χ3n) is 7.44. The SMILES string of the molecule is COC(=O)CC1CC2(C)C(O)CCC2C2CCc3cc(O)ccc3C12. The molecule has 0 heterocycles. The molecule has 2 N–H and O–H groups in total. The molecule has 2 fully saturated rings. The first kappa shape index (κ1) is 16.9. The van der Waals surface area contributed by atoms with Gasteiger partial charge in [-0.1, -0.05) is 13.0 Å². The van der Waals surface area contributed by atoms with Gasteiger partial charge in [-0.3, -0.25) is 4.79 Å². The van der Waals surface area contributed by atoms with Gasteiger partial charge in [0.1, 0.15) is 5.75 Å². The number of fused-ring (bicyclic) bond motifs is 5. The zero-order chi connectivity index (χ0) is 17.8. The Hall–Kier alpha value is -1.55. The molecule has 0 aliphatic heterocycles. The van der Waals surface area contributed by atoms with Crippen LogP contribution < -0.4 is 0 Å². The predicted octanol–water partition coefficient (Wildman–Crippen LogP) is 3.40. The molecule has 1 aromatic rings. The van der Waals surface area contributed by atoms with E-state index < -0.39 is 0 Å². The second-order valence-electron chi connectivity index (χ2n) is 8.56. The molecule has 136 valence electrons. The minimum absolute atomic E-state index is 0.0890. The van der Waals surface area contributed by atoms with Crippen LogP contribution in [0.5, 0.6) is 5.75 Å². The van der Waals surface area contributed by atoms with Gasteiger partial charge in [0.2, 0.25) is 0 Å². The Kier molecular flexibility index (Phi) is 4.06. The number of carbonyl (C=O) groups excluding carboxylic acids is 1. The number of aryl methyl sites for hydroxylation is 1. The van der Waals surface area contributed by atoms with E-state index >= 15 is 0 Å². The largest absolute Gasteiger partial charge is 0.508 e. The van der Waals surface area contributed by atoms with Crippen molar-refractivity contribution in [1.29, 1.82) is 0 Å². The van der Waals surface area contributed by atoms with E-state index in [4.69, 9.17) is 4.74 Å². The van der Waals surface area contributed by atoms with Crippen LogP contribution >= 0.6 is 0 Å².